The van der Waals surface area contributed by atoms with Gasteiger partial charge in [-0.15, -0.1) is 5.10 Å². The van der Waals surface area contributed by atoms with E-state index in [1.54, 1.807) is 0 Å². The fourth-order valence-corrected chi connectivity index (χ4v) is 2.08. The van der Waals surface area contributed by atoms with Gasteiger partial charge >= 0.3 is 12.1 Å². The molecule has 0 aliphatic carbocycles. The molecular formula is C14H12F4N4O3. The van der Waals surface area contributed by atoms with Crippen molar-refractivity contribution < 1.29 is 32.3 Å². The summed E-state index contributed by atoms with van der Waals surface area (Å²) in [6.45, 7) is 1.32. The van der Waals surface area contributed by atoms with Crippen LogP contribution in [0.5, 0.6) is 0 Å². The molecule has 1 unspecified atom stereocenters. The van der Waals surface area contributed by atoms with Crippen LogP contribution in [0.3, 0.4) is 0 Å². The molecular weight excluding hydrogens is 348 g/mol. The number of nitrogens with one attached hydrogen (secondary N) is 1. The van der Waals surface area contributed by atoms with Crippen LogP contribution in [-0.2, 0) is 11.0 Å². The molecule has 2 N–H and O–H groups in total. The quantitative estimate of drug-likeness (QED) is 0.795. The van der Waals surface area contributed by atoms with Gasteiger partial charge in [0.1, 0.15) is 5.82 Å². The Bertz CT molecular complexity index is 804. The number of rotatable bonds is 5. The van der Waals surface area contributed by atoms with E-state index in [4.69, 9.17) is 5.11 Å². The molecule has 134 valence electrons. The Balaban J connectivity index is 2.43. The third-order valence-corrected chi connectivity index (χ3v) is 3.06. The molecule has 0 spiro atoms. The van der Waals surface area contributed by atoms with E-state index in [2.05, 4.69) is 15.6 Å². The minimum absolute atomic E-state index is 0.266. The van der Waals surface area contributed by atoms with Gasteiger partial charge < -0.3 is 10.4 Å². The maximum Gasteiger partial charge on any atom is 0.435 e. The van der Waals surface area contributed by atoms with E-state index < -0.39 is 47.7 Å². The number of aromatic nitrogens is 3. The number of aliphatic carboxylic acids is 1. The molecule has 1 atom stereocenters. The van der Waals surface area contributed by atoms with E-state index in [0.29, 0.717) is 4.68 Å². The normalized spacial score (nSPS) is 12.7. The summed E-state index contributed by atoms with van der Waals surface area (Å²) in [6, 6.07) is 3.27. The van der Waals surface area contributed by atoms with Crippen molar-refractivity contribution >= 4 is 11.9 Å². The molecule has 25 heavy (non-hydrogen) atoms. The number of hydrogen-bond donors (Lipinski definition) is 2. The number of nitrogens with zero attached hydrogens (tertiary/aromatic N) is 3. The zero-order chi connectivity index (χ0) is 18.8. The van der Waals surface area contributed by atoms with E-state index in [9.17, 15) is 27.2 Å². The van der Waals surface area contributed by atoms with Gasteiger partial charge in [0.25, 0.3) is 5.91 Å². The van der Waals surface area contributed by atoms with E-state index in [1.165, 1.54) is 19.1 Å². The highest BCUT2D eigenvalue weighted by molar-refractivity contribution is 5.94. The van der Waals surface area contributed by atoms with Crippen molar-refractivity contribution in [3.05, 3.63) is 41.5 Å². The second-order valence-electron chi connectivity index (χ2n) is 5.15. The van der Waals surface area contributed by atoms with Gasteiger partial charge in [-0.3, -0.25) is 9.59 Å². The van der Waals surface area contributed by atoms with Crippen LogP contribution in [-0.4, -0.2) is 38.0 Å². The Morgan fingerprint density at radius 1 is 1.36 bits per heavy atom. The number of alkyl halides is 3. The first-order chi connectivity index (χ1) is 11.6. The topological polar surface area (TPSA) is 97.1 Å². The molecule has 1 amide bonds. The van der Waals surface area contributed by atoms with E-state index in [-0.39, 0.29) is 5.69 Å². The lowest BCUT2D eigenvalue weighted by atomic mass is 10.2. The highest BCUT2D eigenvalue weighted by atomic mass is 19.4. The molecule has 0 aliphatic heterocycles. The van der Waals surface area contributed by atoms with E-state index in [1.807, 2.05) is 0 Å². The van der Waals surface area contributed by atoms with Crippen molar-refractivity contribution in [3.8, 4) is 5.69 Å². The third-order valence-electron chi connectivity index (χ3n) is 3.06. The second-order valence-corrected chi connectivity index (χ2v) is 5.15. The van der Waals surface area contributed by atoms with Crippen molar-refractivity contribution in [2.45, 2.75) is 25.6 Å². The predicted molar refractivity (Wildman–Crippen MR) is 75.5 cm³/mol. The lowest BCUT2D eigenvalue weighted by Crippen LogP contribution is -2.35. The molecule has 7 nitrogen and oxygen atoms in total. The molecule has 2 rings (SSSR count). The van der Waals surface area contributed by atoms with Crippen molar-refractivity contribution in [1.29, 1.82) is 0 Å². The van der Waals surface area contributed by atoms with Crippen LogP contribution in [0, 0.1) is 5.82 Å². The van der Waals surface area contributed by atoms with Crippen molar-refractivity contribution in [2.75, 3.05) is 0 Å². The second kappa shape index (κ2) is 6.87. The van der Waals surface area contributed by atoms with Gasteiger partial charge in [-0.05, 0) is 25.1 Å². The zero-order valence-corrected chi connectivity index (χ0v) is 12.7. The van der Waals surface area contributed by atoms with Crippen LogP contribution >= 0.6 is 0 Å². The summed E-state index contributed by atoms with van der Waals surface area (Å²) in [5.74, 6) is -3.25. The lowest BCUT2D eigenvalue weighted by Gasteiger charge is -2.13. The van der Waals surface area contributed by atoms with Gasteiger partial charge in [-0.2, -0.15) is 13.2 Å². The molecule has 0 bridgehead atoms. The van der Waals surface area contributed by atoms with Gasteiger partial charge in [0.15, 0.2) is 11.4 Å². The molecule has 1 aromatic carbocycles. The summed E-state index contributed by atoms with van der Waals surface area (Å²) >= 11 is 0. The Hall–Kier alpha value is -2.98. The number of carbonyl (C=O) groups is 2. The van der Waals surface area contributed by atoms with Crippen molar-refractivity contribution in [1.82, 2.24) is 20.3 Å². The molecule has 0 aliphatic rings. The molecule has 2 aromatic rings. The first kappa shape index (κ1) is 18.4. The average Bonchev–Trinajstić information content (AvgIpc) is 2.91. The van der Waals surface area contributed by atoms with Crippen LogP contribution in [0.1, 0.15) is 29.5 Å². The smallest absolute Gasteiger partial charge is 0.435 e. The minimum atomic E-state index is -5.00. The fourth-order valence-electron chi connectivity index (χ4n) is 2.08. The molecule has 1 heterocycles. The first-order valence-corrected chi connectivity index (χ1v) is 6.91. The van der Waals surface area contributed by atoms with E-state index >= 15 is 0 Å². The maximum absolute atomic E-state index is 13.4. The Labute approximate surface area is 138 Å². The van der Waals surface area contributed by atoms with Crippen LogP contribution in [0.25, 0.3) is 5.69 Å². The number of carbonyl (C=O) groups excluding carboxylic acids is 1. The molecule has 1 aromatic heterocycles. The van der Waals surface area contributed by atoms with Gasteiger partial charge in [-0.25, -0.2) is 9.07 Å². The number of amides is 1. The number of carboxylic acids is 1. The van der Waals surface area contributed by atoms with Gasteiger partial charge in [-0.1, -0.05) is 11.3 Å². The van der Waals surface area contributed by atoms with Crippen LogP contribution in [0.4, 0.5) is 17.6 Å². The fraction of sp³-hybridized carbons (Fsp3) is 0.286. The van der Waals surface area contributed by atoms with Gasteiger partial charge in [0, 0.05) is 6.04 Å². The third kappa shape index (κ3) is 4.31. The Kier molecular flexibility index (Phi) is 5.04. The van der Waals surface area contributed by atoms with Gasteiger partial charge in [0.2, 0.25) is 0 Å². The minimum Gasteiger partial charge on any atom is -0.481 e. The molecule has 0 saturated heterocycles. The highest BCUT2D eigenvalue weighted by Crippen LogP contribution is 2.32. The standard InChI is InChI=1S/C14H12F4N4O3/c1-7(5-10(23)24)19-13(25)11-12(14(16,17)18)22(21-20-11)9-4-2-3-8(15)6-9/h2-4,6-7H,5H2,1H3,(H,19,25)(H,23,24). The zero-order valence-electron chi connectivity index (χ0n) is 12.7. The predicted octanol–water partition coefficient (Wildman–Crippen LogP) is 2.02. The largest absolute Gasteiger partial charge is 0.481 e. The molecule has 0 radical (unpaired) electrons. The first-order valence-electron chi connectivity index (χ1n) is 6.91. The molecule has 0 fully saturated rings. The average molecular weight is 360 g/mol. The summed E-state index contributed by atoms with van der Waals surface area (Å²) in [6.07, 6.45) is -5.48. The number of benzene rings is 1. The maximum atomic E-state index is 13.4. The summed E-state index contributed by atoms with van der Waals surface area (Å²) in [5.41, 5.74) is -2.79. The summed E-state index contributed by atoms with van der Waals surface area (Å²) in [4.78, 5) is 22.6. The summed E-state index contributed by atoms with van der Waals surface area (Å²) < 4.78 is 53.7. The number of hydrogen-bond acceptors (Lipinski definition) is 4. The van der Waals surface area contributed by atoms with E-state index in [0.717, 1.165) is 12.1 Å². The van der Waals surface area contributed by atoms with Crippen molar-refractivity contribution in [3.63, 3.8) is 0 Å². The lowest BCUT2D eigenvalue weighted by molar-refractivity contribution is -0.143. The van der Waals surface area contributed by atoms with Crippen molar-refractivity contribution in [2.24, 2.45) is 0 Å². The van der Waals surface area contributed by atoms with Crippen LogP contribution in [0.15, 0.2) is 24.3 Å². The number of carboxylic acid groups (broad SMARTS) is 1. The Morgan fingerprint density at radius 2 is 2.04 bits per heavy atom. The summed E-state index contributed by atoms with van der Waals surface area (Å²) in [7, 11) is 0. The van der Waals surface area contributed by atoms with Crippen LogP contribution in [0.2, 0.25) is 0 Å². The van der Waals surface area contributed by atoms with Crippen LogP contribution < -0.4 is 5.32 Å². The molecule has 0 saturated carbocycles. The SMILES string of the molecule is CC(CC(=O)O)NC(=O)c1nnn(-c2cccc(F)c2)c1C(F)(F)F. The number of halogens is 4. The monoisotopic (exact) mass is 360 g/mol. The van der Waals surface area contributed by atoms with Gasteiger partial charge in [0.05, 0.1) is 12.1 Å². The Morgan fingerprint density at radius 3 is 2.60 bits per heavy atom. The highest BCUT2D eigenvalue weighted by Gasteiger charge is 2.42. The summed E-state index contributed by atoms with van der Waals surface area (Å²) in [5, 5.41) is 17.3. The molecule has 11 heteroatoms.